The highest BCUT2D eigenvalue weighted by atomic mass is 16.5. The number of ether oxygens (including phenoxy) is 1. The highest BCUT2D eigenvalue weighted by Crippen LogP contribution is 2.22. The summed E-state index contributed by atoms with van der Waals surface area (Å²) in [6.45, 7) is 1.17. The Balaban J connectivity index is 1.43. The van der Waals surface area contributed by atoms with Gasteiger partial charge in [-0.15, -0.1) is 0 Å². The van der Waals surface area contributed by atoms with Crippen molar-refractivity contribution in [1.29, 1.82) is 0 Å². The molecule has 1 aliphatic rings. The molecule has 0 bridgehead atoms. The zero-order valence-electron chi connectivity index (χ0n) is 14.3. The van der Waals surface area contributed by atoms with Crippen LogP contribution in [0.2, 0.25) is 0 Å². The minimum atomic E-state index is -0.448. The fourth-order valence-electron chi connectivity index (χ4n) is 3.04. The first-order chi connectivity index (χ1) is 12.8. The highest BCUT2D eigenvalue weighted by molar-refractivity contribution is 6.02. The van der Waals surface area contributed by atoms with Gasteiger partial charge in [0.15, 0.2) is 0 Å². The quantitative estimate of drug-likeness (QED) is 0.784. The first-order valence-corrected chi connectivity index (χ1v) is 8.55. The summed E-state index contributed by atoms with van der Waals surface area (Å²) in [5.41, 5.74) is 5.06. The number of benzene rings is 2. The number of rotatable bonds is 4. The zero-order chi connectivity index (χ0) is 17.8. The molecule has 4 rings (SSSR count). The second-order valence-electron chi connectivity index (χ2n) is 6.07. The fourth-order valence-corrected chi connectivity index (χ4v) is 3.04. The maximum absolute atomic E-state index is 12.0. The van der Waals surface area contributed by atoms with Gasteiger partial charge in [-0.25, -0.2) is 4.79 Å². The molecule has 5 heteroatoms. The van der Waals surface area contributed by atoms with Gasteiger partial charge in [-0.2, -0.15) is 0 Å². The summed E-state index contributed by atoms with van der Waals surface area (Å²) in [6.07, 6.45) is 1.57. The summed E-state index contributed by atoms with van der Waals surface area (Å²) in [7, 11) is 0. The second-order valence-corrected chi connectivity index (χ2v) is 6.07. The van der Waals surface area contributed by atoms with Crippen LogP contribution >= 0.6 is 0 Å². The number of carbonyl (C=O) groups is 1. The maximum atomic E-state index is 12.0. The van der Waals surface area contributed by atoms with E-state index in [1.165, 1.54) is 0 Å². The Morgan fingerprint density at radius 1 is 1.04 bits per heavy atom. The van der Waals surface area contributed by atoms with Gasteiger partial charge in [0, 0.05) is 6.20 Å². The van der Waals surface area contributed by atoms with E-state index in [9.17, 15) is 4.79 Å². The van der Waals surface area contributed by atoms with Crippen LogP contribution in [0.4, 0.5) is 4.79 Å². The molecule has 2 heterocycles. The molecule has 5 nitrogen and oxygen atoms in total. The number of fused-ring (bicyclic) bond motifs is 3. The monoisotopic (exact) mass is 345 g/mol. The van der Waals surface area contributed by atoms with Gasteiger partial charge in [-0.1, -0.05) is 48.5 Å². The molecule has 0 saturated carbocycles. The summed E-state index contributed by atoms with van der Waals surface area (Å²) in [5.74, 6) is 0. The fraction of sp³-hybridized carbons (Fsp3) is 0.143. The van der Waals surface area contributed by atoms with E-state index in [-0.39, 0.29) is 6.61 Å². The van der Waals surface area contributed by atoms with E-state index in [0.717, 1.165) is 28.2 Å². The SMILES string of the molecule is O=C(NCC1=NCc2ccccc2-n2cccc21)OCc1ccccc1. The third-order valence-electron chi connectivity index (χ3n) is 4.35. The number of hydrogen-bond donors (Lipinski definition) is 1. The lowest BCUT2D eigenvalue weighted by molar-refractivity contribution is 0.141. The Hall–Kier alpha value is -3.34. The first-order valence-electron chi connectivity index (χ1n) is 8.55. The van der Waals surface area contributed by atoms with Crippen molar-refractivity contribution >= 4 is 11.8 Å². The third-order valence-corrected chi connectivity index (χ3v) is 4.35. The van der Waals surface area contributed by atoms with Crippen molar-refractivity contribution < 1.29 is 9.53 Å². The third kappa shape index (κ3) is 3.37. The van der Waals surface area contributed by atoms with Gasteiger partial charge in [0.1, 0.15) is 6.61 Å². The van der Waals surface area contributed by atoms with Crippen LogP contribution in [0.1, 0.15) is 16.8 Å². The van der Waals surface area contributed by atoms with Crippen molar-refractivity contribution in [3.05, 3.63) is 89.7 Å². The van der Waals surface area contributed by atoms with E-state index in [4.69, 9.17) is 9.73 Å². The lowest BCUT2D eigenvalue weighted by atomic mass is 10.2. The van der Waals surface area contributed by atoms with E-state index in [1.807, 2.05) is 60.8 Å². The average Bonchev–Trinajstić information content (AvgIpc) is 3.11. The van der Waals surface area contributed by atoms with Crippen LogP contribution < -0.4 is 5.32 Å². The zero-order valence-corrected chi connectivity index (χ0v) is 14.3. The normalized spacial score (nSPS) is 12.4. The maximum Gasteiger partial charge on any atom is 0.407 e. The van der Waals surface area contributed by atoms with Gasteiger partial charge in [-0.3, -0.25) is 4.99 Å². The molecule has 1 aliphatic heterocycles. The van der Waals surface area contributed by atoms with E-state index in [1.54, 1.807) is 0 Å². The minimum absolute atomic E-state index is 0.251. The van der Waals surface area contributed by atoms with Crippen LogP contribution in [0.15, 0.2) is 77.9 Å². The van der Waals surface area contributed by atoms with Crippen LogP contribution in [-0.2, 0) is 17.9 Å². The number of nitrogens with zero attached hydrogens (tertiary/aromatic N) is 2. The Kier molecular flexibility index (Phi) is 4.51. The molecule has 130 valence electrons. The van der Waals surface area contributed by atoms with E-state index in [2.05, 4.69) is 22.0 Å². The Morgan fingerprint density at radius 2 is 1.85 bits per heavy atom. The Morgan fingerprint density at radius 3 is 2.73 bits per heavy atom. The number of carbonyl (C=O) groups excluding carboxylic acids is 1. The summed E-state index contributed by atoms with van der Waals surface area (Å²) < 4.78 is 7.38. The summed E-state index contributed by atoms with van der Waals surface area (Å²) in [4.78, 5) is 16.7. The van der Waals surface area contributed by atoms with Gasteiger partial charge in [-0.05, 0) is 29.3 Å². The van der Waals surface area contributed by atoms with Crippen LogP contribution in [0, 0.1) is 0 Å². The van der Waals surface area contributed by atoms with Crippen molar-refractivity contribution in [2.24, 2.45) is 4.99 Å². The number of aliphatic imine (C=N–C) groups is 1. The molecule has 3 aromatic rings. The van der Waals surface area contributed by atoms with Crippen LogP contribution in [-0.4, -0.2) is 22.9 Å². The van der Waals surface area contributed by atoms with Gasteiger partial charge >= 0.3 is 6.09 Å². The number of aromatic nitrogens is 1. The topological polar surface area (TPSA) is 55.6 Å². The first kappa shape index (κ1) is 16.1. The summed E-state index contributed by atoms with van der Waals surface area (Å²) >= 11 is 0. The highest BCUT2D eigenvalue weighted by Gasteiger charge is 2.17. The Labute approximate surface area is 152 Å². The van der Waals surface area contributed by atoms with E-state index >= 15 is 0 Å². The minimum Gasteiger partial charge on any atom is -0.445 e. The predicted octanol–water partition coefficient (Wildman–Crippen LogP) is 3.71. The van der Waals surface area contributed by atoms with E-state index in [0.29, 0.717) is 13.1 Å². The van der Waals surface area contributed by atoms with Crippen LogP contribution in [0.5, 0.6) is 0 Å². The molecule has 1 N–H and O–H groups in total. The molecule has 2 aromatic carbocycles. The summed E-state index contributed by atoms with van der Waals surface area (Å²) in [6, 6.07) is 21.8. The summed E-state index contributed by atoms with van der Waals surface area (Å²) in [5, 5.41) is 2.80. The number of alkyl carbamates (subject to hydrolysis) is 1. The van der Waals surface area contributed by atoms with Gasteiger partial charge in [0.2, 0.25) is 0 Å². The van der Waals surface area contributed by atoms with E-state index < -0.39 is 6.09 Å². The standard InChI is InChI=1S/C21H19N3O2/c25-21(26-15-16-7-2-1-3-8-16)23-14-18-20-11-6-12-24(20)19-10-5-4-9-17(19)13-22-18/h1-12H,13-15H2,(H,23,25). The molecule has 0 aliphatic carbocycles. The van der Waals surface area contributed by atoms with Gasteiger partial charge in [0.05, 0.1) is 30.2 Å². The average molecular weight is 345 g/mol. The molecule has 26 heavy (non-hydrogen) atoms. The molecular formula is C21H19N3O2. The van der Waals surface area contributed by atoms with Crippen molar-refractivity contribution in [2.75, 3.05) is 6.54 Å². The molecule has 0 spiro atoms. The number of nitrogens with one attached hydrogen (secondary N) is 1. The molecule has 0 radical (unpaired) electrons. The lowest BCUT2D eigenvalue weighted by Gasteiger charge is -2.11. The van der Waals surface area contributed by atoms with Crippen LogP contribution in [0.25, 0.3) is 5.69 Å². The van der Waals surface area contributed by atoms with Crippen molar-refractivity contribution in [2.45, 2.75) is 13.2 Å². The van der Waals surface area contributed by atoms with Crippen molar-refractivity contribution in [1.82, 2.24) is 9.88 Å². The molecular weight excluding hydrogens is 326 g/mol. The van der Waals surface area contributed by atoms with Crippen molar-refractivity contribution in [3.8, 4) is 5.69 Å². The number of amides is 1. The lowest BCUT2D eigenvalue weighted by Crippen LogP contribution is -2.31. The molecule has 0 atom stereocenters. The molecule has 1 aromatic heterocycles. The largest absolute Gasteiger partial charge is 0.445 e. The predicted molar refractivity (Wildman–Crippen MR) is 101 cm³/mol. The molecule has 0 unspecified atom stereocenters. The van der Waals surface area contributed by atoms with Gasteiger partial charge in [0.25, 0.3) is 0 Å². The molecule has 0 saturated heterocycles. The van der Waals surface area contributed by atoms with Crippen LogP contribution in [0.3, 0.4) is 0 Å². The molecule has 1 amide bonds. The molecule has 0 fully saturated rings. The van der Waals surface area contributed by atoms with Gasteiger partial charge < -0.3 is 14.6 Å². The van der Waals surface area contributed by atoms with Crippen molar-refractivity contribution in [3.63, 3.8) is 0 Å². The number of hydrogen-bond acceptors (Lipinski definition) is 3. The second kappa shape index (κ2) is 7.27. The smallest absolute Gasteiger partial charge is 0.407 e. The number of para-hydroxylation sites is 1. The Bertz CT molecular complexity index is 945.